The molecule has 1 amide bonds. The van der Waals surface area contributed by atoms with Crippen LogP contribution in [0.15, 0.2) is 33.5 Å². The normalized spacial score (nSPS) is 15.9. The van der Waals surface area contributed by atoms with E-state index in [0.717, 1.165) is 24.3 Å². The van der Waals surface area contributed by atoms with Crippen LogP contribution in [0, 0.1) is 0 Å². The van der Waals surface area contributed by atoms with E-state index >= 15 is 0 Å². The fourth-order valence-corrected chi connectivity index (χ4v) is 3.93. The summed E-state index contributed by atoms with van der Waals surface area (Å²) in [5.41, 5.74) is -0.102. The number of nitrogens with zero attached hydrogens (tertiary/aromatic N) is 1. The van der Waals surface area contributed by atoms with E-state index in [-0.39, 0.29) is 17.5 Å². The zero-order valence-corrected chi connectivity index (χ0v) is 13.7. The molecule has 2 heterocycles. The highest BCUT2D eigenvalue weighted by molar-refractivity contribution is 7.99. The first-order valence-electron chi connectivity index (χ1n) is 7.14. The van der Waals surface area contributed by atoms with Gasteiger partial charge in [-0.1, -0.05) is 11.6 Å². The van der Waals surface area contributed by atoms with Crippen molar-refractivity contribution in [2.75, 3.05) is 18.6 Å². The van der Waals surface area contributed by atoms with E-state index < -0.39 is 5.63 Å². The maximum atomic E-state index is 12.6. The molecule has 3 rings (SSSR count). The van der Waals surface area contributed by atoms with Crippen LogP contribution in [-0.4, -0.2) is 35.4 Å². The van der Waals surface area contributed by atoms with Gasteiger partial charge in [0.05, 0.1) is 0 Å². The lowest BCUT2D eigenvalue weighted by atomic mass is 10.1. The van der Waals surface area contributed by atoms with Crippen LogP contribution < -0.4 is 5.63 Å². The van der Waals surface area contributed by atoms with E-state index in [4.69, 9.17) is 16.0 Å². The first-order chi connectivity index (χ1) is 10.6. The van der Waals surface area contributed by atoms with E-state index in [1.54, 1.807) is 36.2 Å². The summed E-state index contributed by atoms with van der Waals surface area (Å²) in [6.07, 6.45) is 1.91. The van der Waals surface area contributed by atoms with E-state index in [9.17, 15) is 9.59 Å². The Balaban J connectivity index is 1.95. The quantitative estimate of drug-likeness (QED) is 0.788. The van der Waals surface area contributed by atoms with E-state index in [1.165, 1.54) is 0 Å². The van der Waals surface area contributed by atoms with Gasteiger partial charge >= 0.3 is 5.63 Å². The molecular weight excluding hydrogens is 322 g/mol. The standard InChI is InChI=1S/C16H16ClNO3S/c1-18(12-4-6-22-7-5-12)15(19)13-9-10-8-11(17)2-3-14(10)21-16(13)20/h2-3,8-9,12H,4-7H2,1H3. The molecule has 0 atom stereocenters. The lowest BCUT2D eigenvalue weighted by Crippen LogP contribution is -2.40. The highest BCUT2D eigenvalue weighted by Crippen LogP contribution is 2.23. The highest BCUT2D eigenvalue weighted by atomic mass is 35.5. The molecule has 2 aromatic rings. The van der Waals surface area contributed by atoms with Gasteiger partial charge in [-0.3, -0.25) is 4.79 Å². The second kappa shape index (κ2) is 6.34. The van der Waals surface area contributed by atoms with Crippen LogP contribution in [0.5, 0.6) is 0 Å². The third-order valence-corrected chi connectivity index (χ3v) is 5.27. The average molecular weight is 338 g/mol. The SMILES string of the molecule is CN(C(=O)c1cc2cc(Cl)ccc2oc1=O)C1CCSCC1. The van der Waals surface area contributed by atoms with Crippen molar-refractivity contribution < 1.29 is 9.21 Å². The van der Waals surface area contributed by atoms with E-state index in [0.29, 0.717) is 16.0 Å². The molecular formula is C16H16ClNO3S. The zero-order valence-electron chi connectivity index (χ0n) is 12.2. The van der Waals surface area contributed by atoms with Gasteiger partial charge in [0, 0.05) is 23.5 Å². The van der Waals surface area contributed by atoms with Gasteiger partial charge in [0.15, 0.2) is 0 Å². The Hall–Kier alpha value is -1.46. The average Bonchev–Trinajstić information content (AvgIpc) is 2.54. The molecule has 0 saturated carbocycles. The number of hydrogen-bond donors (Lipinski definition) is 0. The highest BCUT2D eigenvalue weighted by Gasteiger charge is 2.25. The van der Waals surface area contributed by atoms with Crippen molar-refractivity contribution in [3.63, 3.8) is 0 Å². The van der Waals surface area contributed by atoms with Gasteiger partial charge in [-0.05, 0) is 48.6 Å². The van der Waals surface area contributed by atoms with Gasteiger partial charge in [0.25, 0.3) is 5.91 Å². The first-order valence-corrected chi connectivity index (χ1v) is 8.68. The van der Waals surface area contributed by atoms with Crippen LogP contribution >= 0.6 is 23.4 Å². The maximum absolute atomic E-state index is 12.6. The second-order valence-electron chi connectivity index (χ2n) is 5.39. The summed E-state index contributed by atoms with van der Waals surface area (Å²) in [7, 11) is 1.75. The summed E-state index contributed by atoms with van der Waals surface area (Å²) in [5.74, 6) is 1.81. The predicted octanol–water partition coefficient (Wildman–Crippen LogP) is 3.41. The Labute approximate surface area is 137 Å². The summed E-state index contributed by atoms with van der Waals surface area (Å²) in [4.78, 5) is 26.4. The van der Waals surface area contributed by atoms with Gasteiger partial charge in [-0.15, -0.1) is 0 Å². The summed E-state index contributed by atoms with van der Waals surface area (Å²) < 4.78 is 5.24. The Morgan fingerprint density at radius 3 is 2.77 bits per heavy atom. The van der Waals surface area contributed by atoms with Crippen molar-refractivity contribution in [2.45, 2.75) is 18.9 Å². The third-order valence-electron chi connectivity index (χ3n) is 3.98. The van der Waals surface area contributed by atoms with Crippen molar-refractivity contribution in [1.29, 1.82) is 0 Å². The van der Waals surface area contributed by atoms with Crippen molar-refractivity contribution in [2.24, 2.45) is 0 Å². The number of amides is 1. The summed E-state index contributed by atoms with van der Waals surface area (Å²) in [6.45, 7) is 0. The lowest BCUT2D eigenvalue weighted by molar-refractivity contribution is 0.0719. The van der Waals surface area contributed by atoms with Crippen molar-refractivity contribution in [3.8, 4) is 0 Å². The molecule has 1 aliphatic heterocycles. The van der Waals surface area contributed by atoms with Crippen molar-refractivity contribution >= 4 is 40.2 Å². The Kier molecular flexibility index (Phi) is 4.45. The van der Waals surface area contributed by atoms with Gasteiger partial charge in [-0.2, -0.15) is 11.8 Å². The third kappa shape index (κ3) is 3.01. The number of carbonyl (C=O) groups excluding carboxylic acids is 1. The minimum atomic E-state index is -0.600. The van der Waals surface area contributed by atoms with Crippen molar-refractivity contribution in [1.82, 2.24) is 4.90 Å². The van der Waals surface area contributed by atoms with Gasteiger partial charge < -0.3 is 9.32 Å². The van der Waals surface area contributed by atoms with Crippen LogP contribution in [0.3, 0.4) is 0 Å². The number of halogens is 1. The number of carbonyl (C=O) groups is 1. The number of fused-ring (bicyclic) bond motifs is 1. The lowest BCUT2D eigenvalue weighted by Gasteiger charge is -2.30. The summed E-state index contributed by atoms with van der Waals surface area (Å²) in [5, 5.41) is 1.19. The Morgan fingerprint density at radius 1 is 1.32 bits per heavy atom. The van der Waals surface area contributed by atoms with Gasteiger partial charge in [0.1, 0.15) is 11.1 Å². The molecule has 1 aromatic heterocycles. The molecule has 1 fully saturated rings. The molecule has 22 heavy (non-hydrogen) atoms. The first kappa shape index (κ1) is 15.4. The fraction of sp³-hybridized carbons (Fsp3) is 0.375. The minimum Gasteiger partial charge on any atom is -0.422 e. The number of rotatable bonds is 2. The van der Waals surface area contributed by atoms with Crippen LogP contribution in [-0.2, 0) is 0 Å². The molecule has 0 unspecified atom stereocenters. The van der Waals surface area contributed by atoms with Crippen LogP contribution in [0.4, 0.5) is 0 Å². The largest absolute Gasteiger partial charge is 0.422 e. The molecule has 1 aliphatic rings. The zero-order chi connectivity index (χ0) is 15.7. The van der Waals surface area contributed by atoms with Crippen molar-refractivity contribution in [3.05, 3.63) is 45.3 Å². The molecule has 0 bridgehead atoms. The van der Waals surface area contributed by atoms with Crippen LogP contribution in [0.25, 0.3) is 11.0 Å². The smallest absolute Gasteiger partial charge is 0.349 e. The number of hydrogen-bond acceptors (Lipinski definition) is 4. The molecule has 116 valence electrons. The molecule has 0 radical (unpaired) electrons. The van der Waals surface area contributed by atoms with E-state index in [2.05, 4.69) is 0 Å². The Bertz CT molecular complexity index is 768. The summed E-state index contributed by atoms with van der Waals surface area (Å²) in [6, 6.07) is 6.73. The van der Waals surface area contributed by atoms with Gasteiger partial charge in [-0.25, -0.2) is 4.79 Å². The topological polar surface area (TPSA) is 50.5 Å². The Morgan fingerprint density at radius 2 is 2.05 bits per heavy atom. The second-order valence-corrected chi connectivity index (χ2v) is 7.05. The predicted molar refractivity (Wildman–Crippen MR) is 89.9 cm³/mol. The molecule has 0 aliphatic carbocycles. The fourth-order valence-electron chi connectivity index (χ4n) is 2.67. The molecule has 4 nitrogen and oxygen atoms in total. The minimum absolute atomic E-state index is 0.0653. The molecule has 1 aromatic carbocycles. The van der Waals surface area contributed by atoms with Gasteiger partial charge in [0.2, 0.25) is 0 Å². The number of thioether (sulfide) groups is 1. The number of benzene rings is 1. The molecule has 1 saturated heterocycles. The molecule has 0 spiro atoms. The van der Waals surface area contributed by atoms with Crippen LogP contribution in [0.2, 0.25) is 5.02 Å². The molecule has 6 heteroatoms. The van der Waals surface area contributed by atoms with Crippen LogP contribution in [0.1, 0.15) is 23.2 Å². The summed E-state index contributed by atoms with van der Waals surface area (Å²) >= 11 is 7.85. The van der Waals surface area contributed by atoms with E-state index in [1.807, 2.05) is 11.8 Å². The monoisotopic (exact) mass is 337 g/mol. The maximum Gasteiger partial charge on any atom is 0.349 e. The molecule has 0 N–H and O–H groups in total.